The Kier molecular flexibility index (Phi) is 3.96. The molecule has 0 unspecified atom stereocenters. The maximum Gasteiger partial charge on any atom is 0.270 e. The number of hydrogen-bond donors (Lipinski definition) is 0. The van der Waals surface area contributed by atoms with E-state index in [1.54, 1.807) is 0 Å². The number of rotatable bonds is 3. The molecule has 6 heteroatoms. The Bertz CT molecular complexity index is 816. The fourth-order valence-corrected chi connectivity index (χ4v) is 3.78. The summed E-state index contributed by atoms with van der Waals surface area (Å²) in [6, 6.07) is 3.82. The number of piperidine rings is 1. The van der Waals surface area contributed by atoms with Crippen LogP contribution in [0.1, 0.15) is 36.0 Å². The number of furan rings is 1. The maximum absolute atomic E-state index is 13.1. The highest BCUT2D eigenvalue weighted by Crippen LogP contribution is 2.32. The van der Waals surface area contributed by atoms with Gasteiger partial charge in [0.15, 0.2) is 11.4 Å². The Morgan fingerprint density at radius 2 is 1.92 bits per heavy atom. The highest BCUT2D eigenvalue weighted by atomic mass is 16.7. The number of hydrogen-bond acceptors (Lipinski definition) is 4. The number of carbonyl (C=O) groups excluding carboxylic acids is 1. The average molecular weight is 344 g/mol. The average Bonchev–Trinajstić information content (AvgIpc) is 3.24. The van der Waals surface area contributed by atoms with Crippen LogP contribution in [-0.4, -0.2) is 47.5 Å². The third-order valence-electron chi connectivity index (χ3n) is 4.99. The fraction of sp³-hybridized carbons (Fsp3) is 0.526. The van der Waals surface area contributed by atoms with Crippen molar-refractivity contribution in [3.63, 3.8) is 0 Å². The van der Waals surface area contributed by atoms with Gasteiger partial charge in [0.25, 0.3) is 5.91 Å². The lowest BCUT2D eigenvalue weighted by Gasteiger charge is -2.37. The smallest absolute Gasteiger partial charge is 0.270 e. The third-order valence-corrected chi connectivity index (χ3v) is 4.99. The molecule has 0 bridgehead atoms. The summed E-state index contributed by atoms with van der Waals surface area (Å²) in [4.78, 5) is 15.0. The van der Waals surface area contributed by atoms with E-state index in [0.717, 1.165) is 35.3 Å². The number of amides is 1. The minimum absolute atomic E-state index is 0.0261. The Labute approximate surface area is 147 Å². The molecule has 0 aliphatic carbocycles. The van der Waals surface area contributed by atoms with Crippen molar-refractivity contribution in [2.75, 3.05) is 26.3 Å². The number of fused-ring (bicyclic) bond motifs is 1. The summed E-state index contributed by atoms with van der Waals surface area (Å²) < 4.78 is 19.2. The first-order valence-corrected chi connectivity index (χ1v) is 8.79. The number of ether oxygens (including phenoxy) is 2. The van der Waals surface area contributed by atoms with Gasteiger partial charge in [-0.3, -0.25) is 4.79 Å². The van der Waals surface area contributed by atoms with Gasteiger partial charge in [0, 0.05) is 44.6 Å². The quantitative estimate of drug-likeness (QED) is 0.803. The standard InChI is InChI=1S/C19H24N2O4/c1-13(2)12-21-15-10-14(3)25-17(15)11-16(21)18(22)20-6-4-19(5-7-20)23-8-9-24-19/h10-11H,1,4-9,12H2,2-3H3. The van der Waals surface area contributed by atoms with Crippen molar-refractivity contribution >= 4 is 17.0 Å². The van der Waals surface area contributed by atoms with Gasteiger partial charge in [-0.25, -0.2) is 0 Å². The van der Waals surface area contributed by atoms with E-state index < -0.39 is 5.79 Å². The molecule has 2 aliphatic heterocycles. The van der Waals surface area contributed by atoms with Crippen LogP contribution in [0.2, 0.25) is 0 Å². The van der Waals surface area contributed by atoms with E-state index in [4.69, 9.17) is 13.9 Å². The van der Waals surface area contributed by atoms with E-state index in [1.807, 2.05) is 35.4 Å². The van der Waals surface area contributed by atoms with Gasteiger partial charge < -0.3 is 23.4 Å². The molecule has 4 heterocycles. The van der Waals surface area contributed by atoms with Crippen molar-refractivity contribution in [3.8, 4) is 0 Å². The van der Waals surface area contributed by atoms with Crippen molar-refractivity contribution in [1.82, 2.24) is 9.47 Å². The summed E-state index contributed by atoms with van der Waals surface area (Å²) in [5.41, 5.74) is 3.34. The van der Waals surface area contributed by atoms with E-state index in [9.17, 15) is 4.79 Å². The van der Waals surface area contributed by atoms with Crippen LogP contribution in [-0.2, 0) is 16.0 Å². The second kappa shape index (κ2) is 6.04. The largest absolute Gasteiger partial charge is 0.460 e. The highest BCUT2D eigenvalue weighted by Gasteiger charge is 2.41. The molecule has 25 heavy (non-hydrogen) atoms. The van der Waals surface area contributed by atoms with Crippen molar-refractivity contribution in [1.29, 1.82) is 0 Å². The molecule has 0 aromatic carbocycles. The summed E-state index contributed by atoms with van der Waals surface area (Å²) >= 11 is 0. The van der Waals surface area contributed by atoms with Gasteiger partial charge in [0.1, 0.15) is 11.5 Å². The van der Waals surface area contributed by atoms with Crippen LogP contribution in [0, 0.1) is 6.92 Å². The van der Waals surface area contributed by atoms with E-state index in [-0.39, 0.29) is 5.91 Å². The molecule has 1 amide bonds. The number of nitrogens with zero attached hydrogens (tertiary/aromatic N) is 2. The van der Waals surface area contributed by atoms with Crippen molar-refractivity contribution in [2.45, 2.75) is 39.0 Å². The molecule has 2 aliphatic rings. The van der Waals surface area contributed by atoms with Crippen LogP contribution in [0.4, 0.5) is 0 Å². The molecule has 0 saturated carbocycles. The number of aromatic nitrogens is 1. The first-order chi connectivity index (χ1) is 12.0. The SMILES string of the molecule is C=C(C)Cn1c(C(=O)N2CCC3(CC2)OCCO3)cc2oc(C)cc21. The molecule has 1 spiro atoms. The Morgan fingerprint density at radius 1 is 1.24 bits per heavy atom. The van der Waals surface area contributed by atoms with Gasteiger partial charge in [0.05, 0.1) is 18.7 Å². The molecule has 2 fully saturated rings. The van der Waals surface area contributed by atoms with Crippen LogP contribution < -0.4 is 0 Å². The molecular weight excluding hydrogens is 320 g/mol. The van der Waals surface area contributed by atoms with Gasteiger partial charge in [-0.05, 0) is 13.8 Å². The highest BCUT2D eigenvalue weighted by molar-refractivity contribution is 5.97. The third kappa shape index (κ3) is 2.89. The summed E-state index contributed by atoms with van der Waals surface area (Å²) in [5, 5.41) is 0. The molecular formula is C19H24N2O4. The van der Waals surface area contributed by atoms with Gasteiger partial charge in [-0.2, -0.15) is 0 Å². The molecule has 0 atom stereocenters. The first-order valence-electron chi connectivity index (χ1n) is 8.79. The molecule has 0 N–H and O–H groups in total. The lowest BCUT2D eigenvalue weighted by Crippen LogP contribution is -2.47. The molecule has 0 radical (unpaired) electrons. The van der Waals surface area contributed by atoms with Crippen molar-refractivity contribution in [3.05, 3.63) is 35.7 Å². The minimum atomic E-state index is -0.471. The van der Waals surface area contributed by atoms with Crippen LogP contribution >= 0.6 is 0 Å². The first kappa shape index (κ1) is 16.4. The van der Waals surface area contributed by atoms with E-state index >= 15 is 0 Å². The Morgan fingerprint density at radius 3 is 2.56 bits per heavy atom. The number of aryl methyl sites for hydroxylation is 1. The van der Waals surface area contributed by atoms with E-state index in [1.165, 1.54) is 0 Å². The van der Waals surface area contributed by atoms with Crippen LogP contribution in [0.5, 0.6) is 0 Å². The molecule has 6 nitrogen and oxygen atoms in total. The molecule has 2 aromatic rings. The van der Waals surface area contributed by atoms with Crippen molar-refractivity contribution in [2.24, 2.45) is 0 Å². The molecule has 2 saturated heterocycles. The zero-order chi connectivity index (χ0) is 17.6. The molecule has 134 valence electrons. The zero-order valence-corrected chi connectivity index (χ0v) is 14.8. The van der Waals surface area contributed by atoms with E-state index in [0.29, 0.717) is 38.5 Å². The second-order valence-electron chi connectivity index (χ2n) is 7.08. The minimum Gasteiger partial charge on any atom is -0.460 e. The number of allylic oxidation sites excluding steroid dienone is 1. The van der Waals surface area contributed by atoms with Crippen LogP contribution in [0.25, 0.3) is 11.1 Å². The topological polar surface area (TPSA) is 56.8 Å². The van der Waals surface area contributed by atoms with Gasteiger partial charge in [-0.15, -0.1) is 0 Å². The zero-order valence-electron chi connectivity index (χ0n) is 14.8. The van der Waals surface area contributed by atoms with Gasteiger partial charge in [0.2, 0.25) is 0 Å². The summed E-state index contributed by atoms with van der Waals surface area (Å²) in [5.74, 6) is 0.398. The fourth-order valence-electron chi connectivity index (χ4n) is 3.78. The summed E-state index contributed by atoms with van der Waals surface area (Å²) in [6.07, 6.45) is 1.43. The normalized spacial score (nSPS) is 19.8. The maximum atomic E-state index is 13.1. The Balaban J connectivity index is 1.59. The number of carbonyl (C=O) groups is 1. The second-order valence-corrected chi connectivity index (χ2v) is 7.08. The van der Waals surface area contributed by atoms with Gasteiger partial charge in [-0.1, -0.05) is 12.2 Å². The van der Waals surface area contributed by atoms with Crippen LogP contribution in [0.15, 0.2) is 28.7 Å². The monoisotopic (exact) mass is 344 g/mol. The summed E-state index contributed by atoms with van der Waals surface area (Å²) in [6.45, 7) is 11.0. The van der Waals surface area contributed by atoms with Crippen molar-refractivity contribution < 1.29 is 18.7 Å². The van der Waals surface area contributed by atoms with E-state index in [2.05, 4.69) is 6.58 Å². The number of likely N-dealkylation sites (tertiary alicyclic amines) is 1. The Hall–Kier alpha value is -2.05. The van der Waals surface area contributed by atoms with Gasteiger partial charge >= 0.3 is 0 Å². The predicted molar refractivity (Wildman–Crippen MR) is 93.5 cm³/mol. The lowest BCUT2D eigenvalue weighted by molar-refractivity contribution is -0.181. The lowest BCUT2D eigenvalue weighted by atomic mass is 10.0. The van der Waals surface area contributed by atoms with Crippen LogP contribution in [0.3, 0.4) is 0 Å². The predicted octanol–water partition coefficient (Wildman–Crippen LogP) is 3.10. The molecule has 4 rings (SSSR count). The molecule has 2 aromatic heterocycles. The summed E-state index contributed by atoms with van der Waals surface area (Å²) in [7, 11) is 0.